The van der Waals surface area contributed by atoms with Crippen molar-refractivity contribution in [3.63, 3.8) is 0 Å². The number of carbonyl (C=O) groups is 1. The van der Waals surface area contributed by atoms with E-state index in [-0.39, 0.29) is 5.91 Å². The fourth-order valence-corrected chi connectivity index (χ4v) is 3.52. The predicted octanol–water partition coefficient (Wildman–Crippen LogP) is 3.02. The number of anilines is 1. The molecule has 0 radical (unpaired) electrons. The number of benzene rings is 1. The van der Waals surface area contributed by atoms with Crippen LogP contribution in [0.15, 0.2) is 36.7 Å². The third kappa shape index (κ3) is 4.41. The summed E-state index contributed by atoms with van der Waals surface area (Å²) >= 11 is 0. The predicted molar refractivity (Wildman–Crippen MR) is 101 cm³/mol. The van der Waals surface area contributed by atoms with Gasteiger partial charge in [-0.25, -0.2) is 4.98 Å². The lowest BCUT2D eigenvalue weighted by atomic mass is 10.2. The second-order valence-corrected chi connectivity index (χ2v) is 6.78. The minimum absolute atomic E-state index is 0.282. The van der Waals surface area contributed by atoms with Crippen molar-refractivity contribution in [3.8, 4) is 0 Å². The zero-order valence-electron chi connectivity index (χ0n) is 15.3. The van der Waals surface area contributed by atoms with Crippen molar-refractivity contribution in [3.05, 3.63) is 48.0 Å². The highest BCUT2D eigenvalue weighted by atomic mass is 16.2. The summed E-state index contributed by atoms with van der Waals surface area (Å²) in [6.07, 6.45) is 6.30. The standard InChI is InChI=1S/C20H28N4O/c1-17-7-3-4-8-19(17)23-12-6-13-24(16-15-23)20(25)9-5-11-22-14-10-21-18(22)2/h3-4,7-8,10,14H,5-6,9,11-13,15-16H2,1-2H3. The summed E-state index contributed by atoms with van der Waals surface area (Å²) in [6.45, 7) is 8.63. The van der Waals surface area contributed by atoms with Crippen LogP contribution >= 0.6 is 0 Å². The van der Waals surface area contributed by atoms with Crippen molar-refractivity contribution in [2.45, 2.75) is 39.7 Å². The van der Waals surface area contributed by atoms with E-state index >= 15 is 0 Å². The molecule has 0 spiro atoms. The number of aryl methyl sites for hydroxylation is 3. The van der Waals surface area contributed by atoms with E-state index in [4.69, 9.17) is 0 Å². The van der Waals surface area contributed by atoms with Gasteiger partial charge in [0.15, 0.2) is 0 Å². The average Bonchev–Trinajstić information content (AvgIpc) is 2.87. The molecule has 5 nitrogen and oxygen atoms in total. The molecule has 0 aliphatic carbocycles. The van der Waals surface area contributed by atoms with Crippen molar-refractivity contribution in [1.82, 2.24) is 14.5 Å². The Hall–Kier alpha value is -2.30. The van der Waals surface area contributed by atoms with E-state index in [0.29, 0.717) is 6.42 Å². The number of hydrogen-bond donors (Lipinski definition) is 0. The van der Waals surface area contributed by atoms with Crippen molar-refractivity contribution in [2.24, 2.45) is 0 Å². The minimum atomic E-state index is 0.282. The molecule has 1 saturated heterocycles. The first kappa shape index (κ1) is 17.5. The van der Waals surface area contributed by atoms with Gasteiger partial charge in [-0.2, -0.15) is 0 Å². The molecule has 1 aliphatic heterocycles. The SMILES string of the molecule is Cc1ccccc1N1CCCN(C(=O)CCCn2ccnc2C)CC1. The lowest BCUT2D eigenvalue weighted by molar-refractivity contribution is -0.131. The summed E-state index contributed by atoms with van der Waals surface area (Å²) in [5.41, 5.74) is 2.60. The summed E-state index contributed by atoms with van der Waals surface area (Å²) in [5, 5.41) is 0. The van der Waals surface area contributed by atoms with E-state index in [9.17, 15) is 4.79 Å². The van der Waals surface area contributed by atoms with Crippen LogP contribution in [0.1, 0.15) is 30.7 Å². The van der Waals surface area contributed by atoms with Gasteiger partial charge in [-0.15, -0.1) is 0 Å². The van der Waals surface area contributed by atoms with E-state index in [0.717, 1.165) is 51.4 Å². The van der Waals surface area contributed by atoms with Gasteiger partial charge in [0, 0.05) is 57.2 Å². The van der Waals surface area contributed by atoms with Crippen LogP contribution in [0, 0.1) is 13.8 Å². The van der Waals surface area contributed by atoms with Crippen LogP contribution in [0.25, 0.3) is 0 Å². The lowest BCUT2D eigenvalue weighted by Crippen LogP contribution is -2.35. The van der Waals surface area contributed by atoms with E-state index in [1.807, 2.05) is 24.2 Å². The van der Waals surface area contributed by atoms with E-state index in [2.05, 4.69) is 45.6 Å². The van der Waals surface area contributed by atoms with Gasteiger partial charge in [0.25, 0.3) is 0 Å². The fraction of sp³-hybridized carbons (Fsp3) is 0.500. The molecule has 1 aromatic carbocycles. The minimum Gasteiger partial charge on any atom is -0.369 e. The summed E-state index contributed by atoms with van der Waals surface area (Å²) in [6, 6.07) is 8.50. The third-order valence-corrected chi connectivity index (χ3v) is 5.02. The van der Waals surface area contributed by atoms with Gasteiger partial charge >= 0.3 is 0 Å². The Balaban J connectivity index is 1.50. The smallest absolute Gasteiger partial charge is 0.222 e. The zero-order valence-corrected chi connectivity index (χ0v) is 15.3. The molecule has 2 heterocycles. The highest BCUT2D eigenvalue weighted by molar-refractivity contribution is 5.76. The summed E-state index contributed by atoms with van der Waals surface area (Å²) in [4.78, 5) is 21.2. The molecule has 1 aliphatic rings. The first-order valence-corrected chi connectivity index (χ1v) is 9.21. The topological polar surface area (TPSA) is 41.4 Å². The summed E-state index contributed by atoms with van der Waals surface area (Å²) < 4.78 is 2.11. The number of imidazole rings is 1. The number of rotatable bonds is 5. The van der Waals surface area contributed by atoms with Gasteiger partial charge in [0.05, 0.1) is 0 Å². The zero-order chi connectivity index (χ0) is 17.6. The number of aromatic nitrogens is 2. The van der Waals surface area contributed by atoms with Crippen LogP contribution in [0.2, 0.25) is 0 Å². The Labute approximate surface area is 150 Å². The molecule has 1 amide bonds. The van der Waals surface area contributed by atoms with Gasteiger partial charge in [0.2, 0.25) is 5.91 Å². The Morgan fingerprint density at radius 1 is 1.12 bits per heavy atom. The average molecular weight is 340 g/mol. The number of para-hydroxylation sites is 1. The van der Waals surface area contributed by atoms with Crippen molar-refractivity contribution < 1.29 is 4.79 Å². The van der Waals surface area contributed by atoms with Crippen LogP contribution in [-0.2, 0) is 11.3 Å². The highest BCUT2D eigenvalue weighted by Gasteiger charge is 2.19. The van der Waals surface area contributed by atoms with Crippen LogP contribution < -0.4 is 4.90 Å². The quantitative estimate of drug-likeness (QED) is 0.840. The van der Waals surface area contributed by atoms with Gasteiger partial charge in [-0.05, 0) is 38.3 Å². The lowest BCUT2D eigenvalue weighted by Gasteiger charge is -2.25. The Bertz CT molecular complexity index is 709. The maximum absolute atomic E-state index is 12.6. The van der Waals surface area contributed by atoms with Crippen LogP contribution in [0.3, 0.4) is 0 Å². The number of hydrogen-bond acceptors (Lipinski definition) is 3. The molecule has 1 fully saturated rings. The molecule has 0 N–H and O–H groups in total. The molecule has 1 aromatic heterocycles. The summed E-state index contributed by atoms with van der Waals surface area (Å²) in [5.74, 6) is 1.29. The van der Waals surface area contributed by atoms with Crippen LogP contribution in [0.4, 0.5) is 5.69 Å². The van der Waals surface area contributed by atoms with Crippen molar-refractivity contribution >= 4 is 11.6 Å². The molecule has 3 rings (SSSR count). The maximum atomic E-state index is 12.6. The number of amides is 1. The monoisotopic (exact) mass is 340 g/mol. The molecule has 0 bridgehead atoms. The van der Waals surface area contributed by atoms with Crippen LogP contribution in [-0.4, -0.2) is 46.5 Å². The highest BCUT2D eigenvalue weighted by Crippen LogP contribution is 2.21. The molecule has 25 heavy (non-hydrogen) atoms. The molecule has 0 atom stereocenters. The van der Waals surface area contributed by atoms with Crippen molar-refractivity contribution in [2.75, 3.05) is 31.1 Å². The molecular weight excluding hydrogens is 312 g/mol. The van der Waals surface area contributed by atoms with E-state index in [1.54, 1.807) is 0 Å². The first-order chi connectivity index (χ1) is 12.1. The second kappa shape index (κ2) is 8.19. The molecule has 2 aromatic rings. The number of nitrogens with zero attached hydrogens (tertiary/aromatic N) is 4. The Morgan fingerprint density at radius 3 is 2.72 bits per heavy atom. The molecule has 0 saturated carbocycles. The Morgan fingerprint density at radius 2 is 1.96 bits per heavy atom. The van der Waals surface area contributed by atoms with Gasteiger partial charge < -0.3 is 14.4 Å². The van der Waals surface area contributed by atoms with Crippen LogP contribution in [0.5, 0.6) is 0 Å². The summed E-state index contributed by atoms with van der Waals surface area (Å²) in [7, 11) is 0. The first-order valence-electron chi connectivity index (χ1n) is 9.21. The third-order valence-electron chi connectivity index (χ3n) is 5.02. The Kier molecular flexibility index (Phi) is 5.74. The van der Waals surface area contributed by atoms with Gasteiger partial charge in [0.1, 0.15) is 5.82 Å². The molecule has 5 heteroatoms. The van der Waals surface area contributed by atoms with E-state index < -0.39 is 0 Å². The normalized spacial score (nSPS) is 15.3. The molecular formula is C20H28N4O. The van der Waals surface area contributed by atoms with Crippen molar-refractivity contribution in [1.29, 1.82) is 0 Å². The maximum Gasteiger partial charge on any atom is 0.222 e. The number of carbonyl (C=O) groups excluding carboxylic acids is 1. The van der Waals surface area contributed by atoms with E-state index in [1.165, 1.54) is 11.3 Å². The molecule has 0 unspecified atom stereocenters. The second-order valence-electron chi connectivity index (χ2n) is 6.78. The largest absolute Gasteiger partial charge is 0.369 e. The van der Waals surface area contributed by atoms with Gasteiger partial charge in [-0.3, -0.25) is 4.79 Å². The fourth-order valence-electron chi connectivity index (χ4n) is 3.52. The molecule has 134 valence electrons. The van der Waals surface area contributed by atoms with Gasteiger partial charge in [-0.1, -0.05) is 18.2 Å².